The molecule has 144 valence electrons. The second-order valence-corrected chi connectivity index (χ2v) is 6.81. The Bertz CT molecular complexity index is 1170. The Balaban J connectivity index is 1.67. The first-order chi connectivity index (χ1) is 13.9. The molecular weight excluding hydrogens is 417 g/mol. The van der Waals surface area contributed by atoms with Crippen molar-refractivity contribution in [3.05, 3.63) is 76.2 Å². The number of barbiturate groups is 1. The zero-order chi connectivity index (χ0) is 20.5. The van der Waals surface area contributed by atoms with E-state index in [1.54, 1.807) is 36.4 Å². The van der Waals surface area contributed by atoms with E-state index in [1.807, 2.05) is 0 Å². The molecule has 9 heteroatoms. The van der Waals surface area contributed by atoms with Gasteiger partial charge in [-0.05, 0) is 48.5 Å². The average Bonchev–Trinajstić information content (AvgIpc) is 3.17. The van der Waals surface area contributed by atoms with Crippen molar-refractivity contribution >= 4 is 52.8 Å². The van der Waals surface area contributed by atoms with E-state index in [9.17, 15) is 14.4 Å². The molecule has 0 atom stereocenters. The second kappa shape index (κ2) is 7.54. The van der Waals surface area contributed by atoms with Gasteiger partial charge in [0.15, 0.2) is 0 Å². The molecule has 0 spiro atoms. The van der Waals surface area contributed by atoms with Crippen LogP contribution in [0.25, 0.3) is 17.4 Å². The number of imide groups is 2. The SMILES string of the molecule is O=C1NC(=O)N(c2cccnc2)C(=O)/C1=C\c1ccc(-c2ccc(Cl)c(Cl)c2)o1. The maximum Gasteiger partial charge on any atom is 0.336 e. The van der Waals surface area contributed by atoms with Gasteiger partial charge in [0.1, 0.15) is 17.1 Å². The summed E-state index contributed by atoms with van der Waals surface area (Å²) in [6.45, 7) is 0. The number of aromatic nitrogens is 1. The number of benzene rings is 1. The van der Waals surface area contributed by atoms with Gasteiger partial charge in [-0.25, -0.2) is 9.69 Å². The standard InChI is InChI=1S/C20H11Cl2N3O4/c21-15-5-3-11(8-16(15)22)17-6-4-13(29-17)9-14-18(26)24-20(28)25(19(14)27)12-2-1-7-23-10-12/h1-10H,(H,24,26,28)/b14-9-. The van der Waals surface area contributed by atoms with Gasteiger partial charge in [-0.2, -0.15) is 0 Å². The summed E-state index contributed by atoms with van der Waals surface area (Å²) in [5, 5.41) is 2.92. The first kappa shape index (κ1) is 18.9. The van der Waals surface area contributed by atoms with Crippen LogP contribution < -0.4 is 10.2 Å². The number of rotatable bonds is 3. The van der Waals surface area contributed by atoms with E-state index in [0.29, 0.717) is 21.4 Å². The van der Waals surface area contributed by atoms with Crippen LogP contribution in [0.5, 0.6) is 0 Å². The molecule has 2 aromatic heterocycles. The van der Waals surface area contributed by atoms with Crippen molar-refractivity contribution in [2.75, 3.05) is 4.90 Å². The van der Waals surface area contributed by atoms with Crippen LogP contribution in [0.15, 0.2) is 64.8 Å². The number of anilines is 1. The van der Waals surface area contributed by atoms with E-state index in [0.717, 1.165) is 4.90 Å². The highest BCUT2D eigenvalue weighted by atomic mass is 35.5. The van der Waals surface area contributed by atoms with E-state index in [-0.39, 0.29) is 17.0 Å². The number of urea groups is 1. The molecule has 4 amide bonds. The van der Waals surface area contributed by atoms with Crippen molar-refractivity contribution in [1.29, 1.82) is 0 Å². The van der Waals surface area contributed by atoms with Gasteiger partial charge in [0.2, 0.25) is 0 Å². The molecule has 1 saturated heterocycles. The van der Waals surface area contributed by atoms with Gasteiger partial charge in [-0.1, -0.05) is 23.2 Å². The highest BCUT2D eigenvalue weighted by molar-refractivity contribution is 6.42. The number of hydrogen-bond donors (Lipinski definition) is 1. The molecule has 1 aliphatic rings. The Kier molecular flexibility index (Phi) is 4.92. The lowest BCUT2D eigenvalue weighted by atomic mass is 10.1. The molecule has 1 N–H and O–H groups in total. The first-order valence-electron chi connectivity index (χ1n) is 8.31. The van der Waals surface area contributed by atoms with E-state index in [4.69, 9.17) is 27.6 Å². The molecule has 0 unspecified atom stereocenters. The minimum atomic E-state index is -0.846. The molecule has 1 fully saturated rings. The number of nitrogens with one attached hydrogen (secondary N) is 1. The van der Waals surface area contributed by atoms with Gasteiger partial charge in [-0.15, -0.1) is 0 Å². The Morgan fingerprint density at radius 3 is 2.59 bits per heavy atom. The lowest BCUT2D eigenvalue weighted by Crippen LogP contribution is -2.54. The molecule has 0 aliphatic carbocycles. The number of nitrogens with zero attached hydrogens (tertiary/aromatic N) is 2. The second-order valence-electron chi connectivity index (χ2n) is 6.00. The van der Waals surface area contributed by atoms with Gasteiger partial charge < -0.3 is 4.42 Å². The summed E-state index contributed by atoms with van der Waals surface area (Å²) in [4.78, 5) is 41.9. The maximum absolute atomic E-state index is 12.8. The van der Waals surface area contributed by atoms with Gasteiger partial charge in [0.05, 0.1) is 21.9 Å². The zero-order valence-electron chi connectivity index (χ0n) is 14.6. The fourth-order valence-corrected chi connectivity index (χ4v) is 3.05. The molecule has 0 saturated carbocycles. The molecular formula is C20H11Cl2N3O4. The number of halogens is 2. The fraction of sp³-hybridized carbons (Fsp3) is 0. The summed E-state index contributed by atoms with van der Waals surface area (Å²) in [5.74, 6) is -0.865. The third kappa shape index (κ3) is 3.65. The molecule has 0 bridgehead atoms. The maximum atomic E-state index is 12.8. The van der Waals surface area contributed by atoms with E-state index < -0.39 is 17.8 Å². The Hall–Kier alpha value is -3.42. The Morgan fingerprint density at radius 2 is 1.86 bits per heavy atom. The predicted molar refractivity (Wildman–Crippen MR) is 107 cm³/mol. The molecule has 3 aromatic rings. The lowest BCUT2D eigenvalue weighted by molar-refractivity contribution is -0.122. The third-order valence-electron chi connectivity index (χ3n) is 4.12. The van der Waals surface area contributed by atoms with Gasteiger partial charge in [0.25, 0.3) is 11.8 Å². The molecule has 0 radical (unpaired) electrons. The van der Waals surface area contributed by atoms with Crippen molar-refractivity contribution < 1.29 is 18.8 Å². The largest absolute Gasteiger partial charge is 0.457 e. The predicted octanol–water partition coefficient (Wildman–Crippen LogP) is 4.31. The number of carbonyl (C=O) groups is 3. The smallest absolute Gasteiger partial charge is 0.336 e. The van der Waals surface area contributed by atoms with Gasteiger partial charge in [-0.3, -0.25) is 19.9 Å². The van der Waals surface area contributed by atoms with Crippen molar-refractivity contribution in [2.24, 2.45) is 0 Å². The minimum Gasteiger partial charge on any atom is -0.457 e. The summed E-state index contributed by atoms with van der Waals surface area (Å²) in [5.41, 5.74) is 0.670. The fourth-order valence-electron chi connectivity index (χ4n) is 2.76. The third-order valence-corrected chi connectivity index (χ3v) is 4.86. The van der Waals surface area contributed by atoms with E-state index in [1.165, 1.54) is 24.5 Å². The zero-order valence-corrected chi connectivity index (χ0v) is 16.1. The first-order valence-corrected chi connectivity index (χ1v) is 9.06. The normalized spacial score (nSPS) is 15.7. The van der Waals surface area contributed by atoms with Crippen LogP contribution in [0.3, 0.4) is 0 Å². The highest BCUT2D eigenvalue weighted by Gasteiger charge is 2.37. The summed E-state index contributed by atoms with van der Waals surface area (Å²) in [6, 6.07) is 10.5. The average molecular weight is 428 g/mol. The van der Waals surface area contributed by atoms with Crippen LogP contribution in [0.4, 0.5) is 10.5 Å². The lowest BCUT2D eigenvalue weighted by Gasteiger charge is -2.25. The van der Waals surface area contributed by atoms with Crippen molar-refractivity contribution in [3.8, 4) is 11.3 Å². The van der Waals surface area contributed by atoms with Gasteiger partial charge in [0, 0.05) is 11.8 Å². The summed E-state index contributed by atoms with van der Waals surface area (Å²) >= 11 is 11.9. The van der Waals surface area contributed by atoms with Crippen LogP contribution in [-0.2, 0) is 9.59 Å². The number of carbonyl (C=O) groups excluding carboxylic acids is 3. The number of furan rings is 1. The topological polar surface area (TPSA) is 92.5 Å². The van der Waals surface area contributed by atoms with Crippen molar-refractivity contribution in [2.45, 2.75) is 0 Å². The molecule has 29 heavy (non-hydrogen) atoms. The van der Waals surface area contributed by atoms with Crippen molar-refractivity contribution in [3.63, 3.8) is 0 Å². The molecule has 1 aliphatic heterocycles. The molecule has 3 heterocycles. The van der Waals surface area contributed by atoms with Crippen LogP contribution in [0, 0.1) is 0 Å². The van der Waals surface area contributed by atoms with E-state index in [2.05, 4.69) is 10.3 Å². The Labute approximate surface area is 174 Å². The highest BCUT2D eigenvalue weighted by Crippen LogP contribution is 2.30. The molecule has 1 aromatic carbocycles. The number of pyridine rings is 1. The summed E-state index contributed by atoms with van der Waals surface area (Å²) < 4.78 is 5.71. The summed E-state index contributed by atoms with van der Waals surface area (Å²) in [6.07, 6.45) is 4.12. The number of amides is 4. The minimum absolute atomic E-state index is 0.240. The van der Waals surface area contributed by atoms with Crippen molar-refractivity contribution in [1.82, 2.24) is 10.3 Å². The van der Waals surface area contributed by atoms with E-state index >= 15 is 0 Å². The number of hydrogen-bond acceptors (Lipinski definition) is 5. The van der Waals surface area contributed by atoms with Crippen LogP contribution in [0.1, 0.15) is 5.76 Å². The molecule has 7 nitrogen and oxygen atoms in total. The monoisotopic (exact) mass is 427 g/mol. The Morgan fingerprint density at radius 1 is 1.03 bits per heavy atom. The van der Waals surface area contributed by atoms with Crippen LogP contribution in [0.2, 0.25) is 10.0 Å². The van der Waals surface area contributed by atoms with Crippen LogP contribution in [-0.4, -0.2) is 22.8 Å². The summed E-state index contributed by atoms with van der Waals surface area (Å²) in [7, 11) is 0. The van der Waals surface area contributed by atoms with Crippen LogP contribution >= 0.6 is 23.2 Å². The quantitative estimate of drug-likeness (QED) is 0.496. The molecule has 4 rings (SSSR count). The van der Waals surface area contributed by atoms with Gasteiger partial charge >= 0.3 is 6.03 Å².